The van der Waals surface area contributed by atoms with Gasteiger partial charge in [-0.1, -0.05) is 23.7 Å². The summed E-state index contributed by atoms with van der Waals surface area (Å²) in [6, 6.07) is 8.20. The van der Waals surface area contributed by atoms with Crippen molar-refractivity contribution < 1.29 is 0 Å². The van der Waals surface area contributed by atoms with Gasteiger partial charge in [-0.15, -0.1) is 35.3 Å². The number of hydrogen-bond acceptors (Lipinski definition) is 3. The Morgan fingerprint density at radius 1 is 1.36 bits per heavy atom. The molecule has 1 saturated carbocycles. The Kier molecular flexibility index (Phi) is 7.51. The summed E-state index contributed by atoms with van der Waals surface area (Å²) in [6.45, 7) is 3.79. The van der Waals surface area contributed by atoms with Gasteiger partial charge in [-0.2, -0.15) is 0 Å². The number of aromatic nitrogens is 1. The van der Waals surface area contributed by atoms with Gasteiger partial charge in [-0.25, -0.2) is 4.98 Å². The maximum absolute atomic E-state index is 6.14. The number of benzene rings is 1. The maximum Gasteiger partial charge on any atom is 0.191 e. The van der Waals surface area contributed by atoms with Crippen LogP contribution in [0.4, 0.5) is 0 Å². The summed E-state index contributed by atoms with van der Waals surface area (Å²) < 4.78 is 0. The molecule has 0 aliphatic heterocycles. The number of rotatable bonds is 6. The number of guanidine groups is 1. The largest absolute Gasteiger partial charge is 0.356 e. The zero-order valence-electron chi connectivity index (χ0n) is 14.5. The molecule has 0 atom stereocenters. The van der Waals surface area contributed by atoms with Gasteiger partial charge >= 0.3 is 0 Å². The SMILES string of the molecule is CN=C(NCCc1ncc(C)s1)NCC1(c2cccc(Cl)c2)CC1.I. The molecule has 0 amide bonds. The van der Waals surface area contributed by atoms with Crippen molar-refractivity contribution in [3.63, 3.8) is 0 Å². The van der Waals surface area contributed by atoms with E-state index < -0.39 is 0 Å². The lowest BCUT2D eigenvalue weighted by Crippen LogP contribution is -2.41. The van der Waals surface area contributed by atoms with Crippen LogP contribution in [0.3, 0.4) is 0 Å². The Balaban J connectivity index is 0.00000225. The zero-order chi connectivity index (χ0) is 17.0. The molecule has 7 heteroatoms. The molecule has 2 N–H and O–H groups in total. The highest BCUT2D eigenvalue weighted by Gasteiger charge is 2.44. The van der Waals surface area contributed by atoms with Gasteiger partial charge in [0.2, 0.25) is 0 Å². The normalized spacial score (nSPS) is 15.4. The van der Waals surface area contributed by atoms with E-state index in [1.165, 1.54) is 23.3 Å². The van der Waals surface area contributed by atoms with Crippen LogP contribution in [0, 0.1) is 6.92 Å². The molecule has 1 aromatic heterocycles. The quantitative estimate of drug-likeness (QED) is 0.363. The molecule has 136 valence electrons. The van der Waals surface area contributed by atoms with E-state index >= 15 is 0 Å². The Bertz CT molecular complexity index is 727. The monoisotopic (exact) mass is 490 g/mol. The van der Waals surface area contributed by atoms with Crippen molar-refractivity contribution in [1.82, 2.24) is 15.6 Å². The predicted molar refractivity (Wildman–Crippen MR) is 118 cm³/mol. The lowest BCUT2D eigenvalue weighted by molar-refractivity contribution is 0.645. The number of halogens is 2. The molecule has 0 radical (unpaired) electrons. The van der Waals surface area contributed by atoms with Gasteiger partial charge in [0.05, 0.1) is 5.01 Å². The molecule has 0 bridgehead atoms. The maximum atomic E-state index is 6.14. The fourth-order valence-electron chi connectivity index (χ4n) is 2.82. The highest BCUT2D eigenvalue weighted by atomic mass is 127. The van der Waals surface area contributed by atoms with E-state index in [9.17, 15) is 0 Å². The molecule has 1 heterocycles. The van der Waals surface area contributed by atoms with Crippen molar-refractivity contribution in [3.05, 3.63) is 50.9 Å². The second-order valence-electron chi connectivity index (χ2n) is 6.26. The lowest BCUT2D eigenvalue weighted by Gasteiger charge is -2.19. The van der Waals surface area contributed by atoms with Gasteiger partial charge in [0.25, 0.3) is 0 Å². The molecule has 1 fully saturated rings. The summed E-state index contributed by atoms with van der Waals surface area (Å²) in [7, 11) is 1.81. The second-order valence-corrected chi connectivity index (χ2v) is 8.01. The molecule has 2 aromatic rings. The number of aliphatic imine (C=N–C) groups is 1. The third kappa shape index (κ3) is 5.56. The smallest absolute Gasteiger partial charge is 0.191 e. The number of aryl methyl sites for hydroxylation is 1. The van der Waals surface area contributed by atoms with Gasteiger partial charge in [0, 0.05) is 48.1 Å². The average molecular weight is 491 g/mol. The van der Waals surface area contributed by atoms with E-state index in [2.05, 4.69) is 39.7 Å². The Morgan fingerprint density at radius 2 is 2.16 bits per heavy atom. The third-order valence-corrected chi connectivity index (χ3v) is 5.62. The average Bonchev–Trinajstić information content (AvgIpc) is 3.26. The first-order valence-corrected chi connectivity index (χ1v) is 9.43. The van der Waals surface area contributed by atoms with Crippen LogP contribution in [0.1, 0.15) is 28.3 Å². The van der Waals surface area contributed by atoms with Crippen LogP contribution in [0.2, 0.25) is 5.02 Å². The van der Waals surface area contributed by atoms with Crippen LogP contribution < -0.4 is 10.6 Å². The minimum atomic E-state index is 0. The van der Waals surface area contributed by atoms with E-state index in [1.807, 2.05) is 25.4 Å². The molecular weight excluding hydrogens is 467 g/mol. The molecule has 1 aromatic carbocycles. The third-order valence-electron chi connectivity index (χ3n) is 4.41. The standard InChI is InChI=1S/C18H23ClN4S.HI/c1-13-11-22-16(24-13)6-9-21-17(20-2)23-12-18(7-8-18)14-4-3-5-15(19)10-14;/h3-5,10-11H,6-9,12H2,1-2H3,(H2,20,21,23);1H. The van der Waals surface area contributed by atoms with Crippen LogP contribution in [-0.4, -0.2) is 31.1 Å². The first kappa shape index (κ1) is 20.5. The Morgan fingerprint density at radius 3 is 2.76 bits per heavy atom. The van der Waals surface area contributed by atoms with Crippen molar-refractivity contribution in [3.8, 4) is 0 Å². The number of thiazole rings is 1. The second kappa shape index (κ2) is 9.19. The van der Waals surface area contributed by atoms with Crippen molar-refractivity contribution in [2.45, 2.75) is 31.6 Å². The fourth-order valence-corrected chi connectivity index (χ4v) is 3.79. The summed E-state index contributed by atoms with van der Waals surface area (Å²) in [4.78, 5) is 9.96. The first-order valence-electron chi connectivity index (χ1n) is 8.23. The summed E-state index contributed by atoms with van der Waals surface area (Å²) in [5.41, 5.74) is 1.52. The molecule has 3 rings (SSSR count). The highest BCUT2D eigenvalue weighted by Crippen LogP contribution is 2.48. The summed E-state index contributed by atoms with van der Waals surface area (Å²) in [5, 5.41) is 8.80. The van der Waals surface area contributed by atoms with E-state index in [0.717, 1.165) is 35.5 Å². The Hall–Kier alpha value is -0.860. The molecule has 1 aliphatic carbocycles. The fraction of sp³-hybridized carbons (Fsp3) is 0.444. The summed E-state index contributed by atoms with van der Waals surface area (Å²) >= 11 is 7.89. The number of nitrogens with zero attached hydrogens (tertiary/aromatic N) is 2. The summed E-state index contributed by atoms with van der Waals surface area (Å²) in [6.07, 6.45) is 5.22. The highest BCUT2D eigenvalue weighted by molar-refractivity contribution is 14.0. The van der Waals surface area contributed by atoms with Gasteiger partial charge in [-0.3, -0.25) is 4.99 Å². The minimum absolute atomic E-state index is 0. The van der Waals surface area contributed by atoms with Crippen molar-refractivity contribution in [2.24, 2.45) is 4.99 Å². The lowest BCUT2D eigenvalue weighted by atomic mass is 9.96. The molecular formula is C18H24ClIN4S. The van der Waals surface area contributed by atoms with Gasteiger partial charge in [0.15, 0.2) is 5.96 Å². The van der Waals surface area contributed by atoms with Gasteiger partial charge in [-0.05, 0) is 37.5 Å². The predicted octanol–water partition coefficient (Wildman–Crippen LogP) is 4.16. The molecule has 25 heavy (non-hydrogen) atoms. The van der Waals surface area contributed by atoms with Crippen LogP contribution >= 0.6 is 46.9 Å². The van der Waals surface area contributed by atoms with Crippen LogP contribution in [0.25, 0.3) is 0 Å². The van der Waals surface area contributed by atoms with Crippen LogP contribution in [0.5, 0.6) is 0 Å². The van der Waals surface area contributed by atoms with Gasteiger partial charge in [0.1, 0.15) is 0 Å². The minimum Gasteiger partial charge on any atom is -0.356 e. The molecule has 0 spiro atoms. The molecule has 4 nitrogen and oxygen atoms in total. The van der Waals surface area contributed by atoms with Crippen molar-refractivity contribution >= 4 is 52.9 Å². The topological polar surface area (TPSA) is 49.3 Å². The molecule has 1 aliphatic rings. The zero-order valence-corrected chi connectivity index (χ0v) is 18.4. The number of hydrogen-bond donors (Lipinski definition) is 2. The van der Waals surface area contributed by atoms with E-state index in [4.69, 9.17) is 11.6 Å². The number of nitrogens with one attached hydrogen (secondary N) is 2. The first-order chi connectivity index (χ1) is 11.6. The summed E-state index contributed by atoms with van der Waals surface area (Å²) in [5.74, 6) is 0.844. The van der Waals surface area contributed by atoms with E-state index in [-0.39, 0.29) is 29.4 Å². The van der Waals surface area contributed by atoms with E-state index in [1.54, 1.807) is 11.3 Å². The molecule has 0 saturated heterocycles. The van der Waals surface area contributed by atoms with E-state index in [0.29, 0.717) is 0 Å². The van der Waals surface area contributed by atoms with Gasteiger partial charge < -0.3 is 10.6 Å². The molecule has 0 unspecified atom stereocenters. The van der Waals surface area contributed by atoms with Crippen molar-refractivity contribution in [1.29, 1.82) is 0 Å². The Labute approximate surface area is 175 Å². The van der Waals surface area contributed by atoms with Crippen LogP contribution in [0.15, 0.2) is 35.5 Å². The van der Waals surface area contributed by atoms with Crippen LogP contribution in [-0.2, 0) is 11.8 Å². The van der Waals surface area contributed by atoms with Crippen molar-refractivity contribution in [2.75, 3.05) is 20.1 Å².